The number of hydrogen-bond acceptors (Lipinski definition) is 4. The zero-order valence-corrected chi connectivity index (χ0v) is 18.4. The Kier molecular flexibility index (Phi) is 8.77. The van der Waals surface area contributed by atoms with E-state index in [-0.39, 0.29) is 0 Å². The van der Waals surface area contributed by atoms with Gasteiger partial charge in [0.05, 0.1) is 13.2 Å². The number of nitrogens with one attached hydrogen (secondary N) is 2. The molecule has 0 bridgehead atoms. The fourth-order valence-electron chi connectivity index (χ4n) is 4.35. The normalized spacial score (nSPS) is 25.6. The summed E-state index contributed by atoms with van der Waals surface area (Å²) >= 11 is 0. The van der Waals surface area contributed by atoms with E-state index in [1.54, 1.807) is 0 Å². The number of likely N-dealkylation sites (tertiary alicyclic amines) is 1. The molecule has 3 atom stereocenters. The summed E-state index contributed by atoms with van der Waals surface area (Å²) in [6, 6.07) is 11.8. The van der Waals surface area contributed by atoms with Crippen molar-refractivity contribution in [1.29, 1.82) is 0 Å². The van der Waals surface area contributed by atoms with Gasteiger partial charge in [0.2, 0.25) is 0 Å². The predicted octanol–water partition coefficient (Wildman–Crippen LogP) is 2.17. The summed E-state index contributed by atoms with van der Waals surface area (Å²) in [7, 11) is 1.87. The van der Waals surface area contributed by atoms with E-state index in [9.17, 15) is 0 Å². The SMILES string of the molecule is CN=C(NCC(C)CN1CCOCC1)NC1CCN(Cc2ccccc2)C(C)C1. The third kappa shape index (κ3) is 7.28. The van der Waals surface area contributed by atoms with Crippen molar-refractivity contribution in [2.45, 2.75) is 45.3 Å². The Morgan fingerprint density at radius 3 is 2.66 bits per heavy atom. The molecule has 3 unspecified atom stereocenters. The Morgan fingerprint density at radius 1 is 1.21 bits per heavy atom. The molecule has 3 rings (SSSR count). The molecule has 6 nitrogen and oxygen atoms in total. The minimum atomic E-state index is 0.484. The lowest BCUT2D eigenvalue weighted by Crippen LogP contribution is -2.52. The molecule has 162 valence electrons. The summed E-state index contributed by atoms with van der Waals surface area (Å²) in [6.07, 6.45) is 2.30. The second-order valence-electron chi connectivity index (χ2n) is 8.64. The van der Waals surface area contributed by atoms with E-state index in [4.69, 9.17) is 4.74 Å². The summed E-state index contributed by atoms with van der Waals surface area (Å²) in [5, 5.41) is 7.20. The highest BCUT2D eigenvalue weighted by Crippen LogP contribution is 2.20. The molecule has 2 heterocycles. The zero-order chi connectivity index (χ0) is 20.5. The number of aliphatic imine (C=N–C) groups is 1. The lowest BCUT2D eigenvalue weighted by atomic mass is 9.97. The summed E-state index contributed by atoms with van der Waals surface area (Å²) < 4.78 is 5.44. The molecule has 1 aromatic rings. The van der Waals surface area contributed by atoms with E-state index >= 15 is 0 Å². The maximum Gasteiger partial charge on any atom is 0.191 e. The molecule has 2 N–H and O–H groups in total. The number of nitrogens with zero attached hydrogens (tertiary/aromatic N) is 3. The first-order chi connectivity index (χ1) is 14.1. The van der Waals surface area contributed by atoms with Gasteiger partial charge in [-0.2, -0.15) is 0 Å². The van der Waals surface area contributed by atoms with Gasteiger partial charge in [-0.3, -0.25) is 14.8 Å². The van der Waals surface area contributed by atoms with E-state index in [1.165, 1.54) is 5.56 Å². The molecule has 0 spiro atoms. The molecule has 2 fully saturated rings. The van der Waals surface area contributed by atoms with Crippen LogP contribution in [0.15, 0.2) is 35.3 Å². The Balaban J connectivity index is 1.38. The van der Waals surface area contributed by atoms with Crippen LogP contribution in [0.3, 0.4) is 0 Å². The lowest BCUT2D eigenvalue weighted by Gasteiger charge is -2.38. The topological polar surface area (TPSA) is 52.1 Å². The van der Waals surface area contributed by atoms with Crippen LogP contribution >= 0.6 is 0 Å². The van der Waals surface area contributed by atoms with Crippen molar-refractivity contribution in [3.8, 4) is 0 Å². The van der Waals surface area contributed by atoms with Crippen LogP contribution in [0.1, 0.15) is 32.3 Å². The zero-order valence-electron chi connectivity index (χ0n) is 18.4. The van der Waals surface area contributed by atoms with Crippen molar-refractivity contribution in [2.75, 3.05) is 53.0 Å². The second-order valence-corrected chi connectivity index (χ2v) is 8.64. The highest BCUT2D eigenvalue weighted by Gasteiger charge is 2.26. The first-order valence-corrected chi connectivity index (χ1v) is 11.2. The van der Waals surface area contributed by atoms with Crippen LogP contribution in [0.4, 0.5) is 0 Å². The quantitative estimate of drug-likeness (QED) is 0.542. The number of morpholine rings is 1. The fraction of sp³-hybridized carbons (Fsp3) is 0.696. The van der Waals surface area contributed by atoms with Gasteiger partial charge in [-0.15, -0.1) is 0 Å². The Bertz CT molecular complexity index is 617. The minimum Gasteiger partial charge on any atom is -0.379 e. The summed E-state index contributed by atoms with van der Waals surface area (Å²) in [5.74, 6) is 1.52. The van der Waals surface area contributed by atoms with Gasteiger partial charge in [-0.05, 0) is 31.2 Å². The standard InChI is InChI=1S/C23H39N5O/c1-19(17-27-11-13-29-14-12-27)16-25-23(24-3)26-22-9-10-28(20(2)15-22)18-21-7-5-4-6-8-21/h4-8,19-20,22H,9-18H2,1-3H3,(H2,24,25,26). The molecular weight excluding hydrogens is 362 g/mol. The van der Waals surface area contributed by atoms with Gasteiger partial charge in [-0.1, -0.05) is 37.3 Å². The van der Waals surface area contributed by atoms with Crippen molar-refractivity contribution in [1.82, 2.24) is 20.4 Å². The van der Waals surface area contributed by atoms with Gasteiger partial charge in [-0.25, -0.2) is 0 Å². The van der Waals surface area contributed by atoms with Gasteiger partial charge in [0.1, 0.15) is 0 Å². The summed E-state index contributed by atoms with van der Waals surface area (Å²) in [5.41, 5.74) is 1.40. The molecule has 0 amide bonds. The van der Waals surface area contributed by atoms with Crippen molar-refractivity contribution in [3.63, 3.8) is 0 Å². The molecule has 0 radical (unpaired) electrons. The Labute approximate surface area is 176 Å². The van der Waals surface area contributed by atoms with E-state index in [2.05, 4.69) is 69.6 Å². The van der Waals surface area contributed by atoms with Gasteiger partial charge in [0, 0.05) is 58.4 Å². The number of ether oxygens (including phenoxy) is 1. The van der Waals surface area contributed by atoms with Crippen LogP contribution in [-0.2, 0) is 11.3 Å². The minimum absolute atomic E-state index is 0.484. The number of piperidine rings is 1. The highest BCUT2D eigenvalue weighted by atomic mass is 16.5. The van der Waals surface area contributed by atoms with Gasteiger partial charge in [0.25, 0.3) is 0 Å². The van der Waals surface area contributed by atoms with Crippen LogP contribution in [0.5, 0.6) is 0 Å². The van der Waals surface area contributed by atoms with Crippen molar-refractivity contribution < 1.29 is 4.74 Å². The average Bonchev–Trinajstić information content (AvgIpc) is 2.74. The molecule has 2 aliphatic rings. The maximum absolute atomic E-state index is 5.44. The van der Waals surface area contributed by atoms with E-state index in [1.807, 2.05) is 7.05 Å². The molecule has 29 heavy (non-hydrogen) atoms. The number of rotatable bonds is 7. The second kappa shape index (κ2) is 11.5. The van der Waals surface area contributed by atoms with E-state index in [0.717, 1.165) is 71.3 Å². The van der Waals surface area contributed by atoms with E-state index in [0.29, 0.717) is 18.0 Å². The van der Waals surface area contributed by atoms with Crippen LogP contribution < -0.4 is 10.6 Å². The molecule has 1 aromatic carbocycles. The van der Waals surface area contributed by atoms with Crippen molar-refractivity contribution in [2.24, 2.45) is 10.9 Å². The Hall–Kier alpha value is -1.63. The van der Waals surface area contributed by atoms with Crippen LogP contribution in [0.2, 0.25) is 0 Å². The maximum atomic E-state index is 5.44. The first-order valence-electron chi connectivity index (χ1n) is 11.2. The van der Waals surface area contributed by atoms with Crippen molar-refractivity contribution >= 4 is 5.96 Å². The average molecular weight is 402 g/mol. The molecular formula is C23H39N5O. The van der Waals surface area contributed by atoms with Crippen LogP contribution in [0.25, 0.3) is 0 Å². The van der Waals surface area contributed by atoms with Crippen molar-refractivity contribution in [3.05, 3.63) is 35.9 Å². The first kappa shape index (κ1) is 22.1. The van der Waals surface area contributed by atoms with E-state index < -0.39 is 0 Å². The third-order valence-corrected chi connectivity index (χ3v) is 6.10. The molecule has 0 saturated carbocycles. The fourth-order valence-corrected chi connectivity index (χ4v) is 4.35. The van der Waals surface area contributed by atoms with Gasteiger partial charge < -0.3 is 15.4 Å². The Morgan fingerprint density at radius 2 is 1.97 bits per heavy atom. The molecule has 2 saturated heterocycles. The lowest BCUT2D eigenvalue weighted by molar-refractivity contribution is 0.0320. The smallest absolute Gasteiger partial charge is 0.191 e. The van der Waals surface area contributed by atoms with Crippen LogP contribution in [0, 0.1) is 5.92 Å². The molecule has 0 aromatic heterocycles. The molecule has 6 heteroatoms. The number of hydrogen-bond donors (Lipinski definition) is 2. The number of benzene rings is 1. The third-order valence-electron chi connectivity index (χ3n) is 6.10. The van der Waals surface area contributed by atoms with Gasteiger partial charge >= 0.3 is 0 Å². The summed E-state index contributed by atoms with van der Waals surface area (Å²) in [4.78, 5) is 9.55. The summed E-state index contributed by atoms with van der Waals surface area (Å²) in [6.45, 7) is 12.7. The largest absolute Gasteiger partial charge is 0.379 e. The molecule has 2 aliphatic heterocycles. The number of guanidine groups is 1. The highest BCUT2D eigenvalue weighted by molar-refractivity contribution is 5.79. The van der Waals surface area contributed by atoms with Crippen LogP contribution in [-0.4, -0.2) is 80.8 Å². The predicted molar refractivity (Wildman–Crippen MR) is 120 cm³/mol. The monoisotopic (exact) mass is 401 g/mol. The molecule has 0 aliphatic carbocycles. The van der Waals surface area contributed by atoms with Gasteiger partial charge in [0.15, 0.2) is 5.96 Å².